The normalized spacial score (nSPS) is 18.1. The second-order valence-corrected chi connectivity index (χ2v) is 7.58. The Balaban J connectivity index is 2.06. The number of rotatable bonds is 8. The molecule has 164 valence electrons. The van der Waals surface area contributed by atoms with E-state index in [1.165, 1.54) is 4.90 Å². The molecule has 31 heavy (non-hydrogen) atoms. The molecule has 2 heterocycles. The highest BCUT2D eigenvalue weighted by Crippen LogP contribution is 2.38. The standard InChI is InChI=1S/C24H28N2O5/c1-5-30-19-10-9-17(14-16(19)4)22(27)20-21(18-8-6-7-11-25-18)26(24(29)23(20)28)12-13-31-15(2)3/h6-11,14-15,21,27H,5,12-13H2,1-4H3/b22-20-. The summed E-state index contributed by atoms with van der Waals surface area (Å²) < 4.78 is 11.1. The predicted molar refractivity (Wildman–Crippen MR) is 117 cm³/mol. The molecule has 1 unspecified atom stereocenters. The van der Waals surface area contributed by atoms with Gasteiger partial charge in [0.15, 0.2) is 0 Å². The molecule has 1 atom stereocenters. The molecular weight excluding hydrogens is 396 g/mol. The third kappa shape index (κ3) is 4.77. The summed E-state index contributed by atoms with van der Waals surface area (Å²) in [5.41, 5.74) is 1.80. The number of ether oxygens (including phenoxy) is 2. The maximum absolute atomic E-state index is 13.0. The van der Waals surface area contributed by atoms with E-state index in [1.54, 1.807) is 42.6 Å². The van der Waals surface area contributed by atoms with Crippen LogP contribution in [0.25, 0.3) is 5.76 Å². The summed E-state index contributed by atoms with van der Waals surface area (Å²) in [5.74, 6) is -0.935. The van der Waals surface area contributed by atoms with Crippen LogP contribution in [0.3, 0.4) is 0 Å². The van der Waals surface area contributed by atoms with Gasteiger partial charge in [-0.2, -0.15) is 0 Å². The number of pyridine rings is 1. The van der Waals surface area contributed by atoms with Gasteiger partial charge < -0.3 is 19.5 Å². The fourth-order valence-corrected chi connectivity index (χ4v) is 3.61. The van der Waals surface area contributed by atoms with E-state index >= 15 is 0 Å². The lowest BCUT2D eigenvalue weighted by Crippen LogP contribution is -2.33. The SMILES string of the molecule is CCOc1ccc(/C(O)=C2/C(=O)C(=O)N(CCOC(C)C)C2c2ccccn2)cc1C. The highest BCUT2D eigenvalue weighted by atomic mass is 16.5. The highest BCUT2D eigenvalue weighted by Gasteiger charge is 2.46. The monoisotopic (exact) mass is 424 g/mol. The number of aryl methyl sites for hydroxylation is 1. The zero-order valence-electron chi connectivity index (χ0n) is 18.3. The molecule has 1 aromatic carbocycles. The van der Waals surface area contributed by atoms with Crippen molar-refractivity contribution in [2.24, 2.45) is 0 Å². The van der Waals surface area contributed by atoms with Crippen molar-refractivity contribution in [2.45, 2.75) is 39.8 Å². The van der Waals surface area contributed by atoms with E-state index in [-0.39, 0.29) is 30.6 Å². The van der Waals surface area contributed by atoms with E-state index < -0.39 is 17.7 Å². The van der Waals surface area contributed by atoms with Gasteiger partial charge in [0.1, 0.15) is 17.6 Å². The zero-order valence-corrected chi connectivity index (χ0v) is 18.3. The number of nitrogens with zero attached hydrogens (tertiary/aromatic N) is 2. The molecular formula is C24H28N2O5. The fourth-order valence-electron chi connectivity index (χ4n) is 3.61. The zero-order chi connectivity index (χ0) is 22.5. The molecule has 1 fully saturated rings. The molecule has 1 N–H and O–H groups in total. The number of ketones is 1. The summed E-state index contributed by atoms with van der Waals surface area (Å²) >= 11 is 0. The number of aromatic nitrogens is 1. The van der Waals surface area contributed by atoms with E-state index in [1.807, 2.05) is 27.7 Å². The average Bonchev–Trinajstić information content (AvgIpc) is 3.00. The van der Waals surface area contributed by atoms with Gasteiger partial charge in [0.25, 0.3) is 11.7 Å². The fraction of sp³-hybridized carbons (Fsp3) is 0.375. The van der Waals surface area contributed by atoms with Crippen molar-refractivity contribution in [1.29, 1.82) is 0 Å². The summed E-state index contributed by atoms with van der Waals surface area (Å²) in [6, 6.07) is 9.66. The van der Waals surface area contributed by atoms with E-state index in [0.29, 0.717) is 23.6 Å². The lowest BCUT2D eigenvalue weighted by molar-refractivity contribution is -0.140. The Morgan fingerprint density at radius 2 is 2.00 bits per heavy atom. The molecule has 1 aliphatic heterocycles. The van der Waals surface area contributed by atoms with Gasteiger partial charge in [-0.15, -0.1) is 0 Å². The van der Waals surface area contributed by atoms with E-state index in [0.717, 1.165) is 5.56 Å². The summed E-state index contributed by atoms with van der Waals surface area (Å²) in [5, 5.41) is 11.1. The number of likely N-dealkylation sites (tertiary alicyclic amines) is 1. The van der Waals surface area contributed by atoms with Crippen LogP contribution in [-0.2, 0) is 14.3 Å². The van der Waals surface area contributed by atoms with Crippen LogP contribution in [0.15, 0.2) is 48.2 Å². The Morgan fingerprint density at radius 1 is 1.23 bits per heavy atom. The summed E-state index contributed by atoms with van der Waals surface area (Å²) in [6.45, 7) is 8.57. The Hall–Kier alpha value is -3.19. The van der Waals surface area contributed by atoms with Crippen molar-refractivity contribution >= 4 is 17.4 Å². The summed E-state index contributed by atoms with van der Waals surface area (Å²) in [4.78, 5) is 31.6. The first-order valence-corrected chi connectivity index (χ1v) is 10.4. The maximum atomic E-state index is 13.0. The molecule has 0 saturated carbocycles. The molecule has 0 aliphatic carbocycles. The van der Waals surface area contributed by atoms with Gasteiger partial charge >= 0.3 is 0 Å². The number of hydrogen-bond donors (Lipinski definition) is 1. The van der Waals surface area contributed by atoms with Crippen LogP contribution in [0.2, 0.25) is 0 Å². The summed E-state index contributed by atoms with van der Waals surface area (Å²) in [6.07, 6.45) is 1.60. The second-order valence-electron chi connectivity index (χ2n) is 7.58. The van der Waals surface area contributed by atoms with Crippen molar-refractivity contribution in [3.63, 3.8) is 0 Å². The van der Waals surface area contributed by atoms with Crippen molar-refractivity contribution in [2.75, 3.05) is 19.8 Å². The molecule has 0 radical (unpaired) electrons. The number of carbonyl (C=O) groups is 2. The molecule has 1 aliphatic rings. The van der Waals surface area contributed by atoms with Crippen LogP contribution in [-0.4, -0.2) is 52.5 Å². The quantitative estimate of drug-likeness (QED) is 0.395. The molecule has 1 aromatic heterocycles. The van der Waals surface area contributed by atoms with Gasteiger partial charge in [0.05, 0.1) is 30.6 Å². The van der Waals surface area contributed by atoms with E-state index in [9.17, 15) is 14.7 Å². The Kier molecular flexibility index (Phi) is 7.07. The van der Waals surface area contributed by atoms with Gasteiger partial charge in [-0.3, -0.25) is 14.6 Å². The minimum absolute atomic E-state index is 0.00282. The molecule has 0 bridgehead atoms. The molecule has 0 spiro atoms. The smallest absolute Gasteiger partial charge is 0.295 e. The number of carbonyl (C=O) groups excluding carboxylic acids is 2. The number of Topliss-reactive ketones (excluding diaryl/α,β-unsaturated/α-hetero) is 1. The lowest BCUT2D eigenvalue weighted by atomic mass is 9.97. The number of amides is 1. The first-order chi connectivity index (χ1) is 14.8. The van der Waals surface area contributed by atoms with E-state index in [2.05, 4.69) is 4.98 Å². The van der Waals surface area contributed by atoms with Crippen LogP contribution < -0.4 is 4.74 Å². The third-order valence-electron chi connectivity index (χ3n) is 5.04. The minimum atomic E-state index is -0.788. The third-order valence-corrected chi connectivity index (χ3v) is 5.04. The maximum Gasteiger partial charge on any atom is 0.295 e. The van der Waals surface area contributed by atoms with E-state index in [4.69, 9.17) is 9.47 Å². The molecule has 2 aromatic rings. The lowest BCUT2D eigenvalue weighted by Gasteiger charge is -2.24. The Morgan fingerprint density at radius 3 is 2.61 bits per heavy atom. The van der Waals surface area contributed by atoms with Crippen LogP contribution in [0.4, 0.5) is 0 Å². The van der Waals surface area contributed by atoms with Gasteiger partial charge in [0, 0.05) is 18.3 Å². The van der Waals surface area contributed by atoms with Crippen LogP contribution >= 0.6 is 0 Å². The first kappa shape index (κ1) is 22.5. The minimum Gasteiger partial charge on any atom is -0.507 e. The van der Waals surface area contributed by atoms with Crippen molar-refractivity contribution < 1.29 is 24.2 Å². The largest absolute Gasteiger partial charge is 0.507 e. The van der Waals surface area contributed by atoms with Crippen LogP contribution in [0, 0.1) is 6.92 Å². The highest BCUT2D eigenvalue weighted by molar-refractivity contribution is 6.46. The first-order valence-electron chi connectivity index (χ1n) is 10.4. The number of hydrogen-bond acceptors (Lipinski definition) is 6. The second kappa shape index (κ2) is 9.75. The molecule has 7 nitrogen and oxygen atoms in total. The van der Waals surface area contributed by atoms with Crippen LogP contribution in [0.5, 0.6) is 5.75 Å². The molecule has 3 rings (SSSR count). The average molecular weight is 424 g/mol. The Bertz CT molecular complexity index is 985. The molecule has 7 heteroatoms. The van der Waals surface area contributed by atoms with Crippen LogP contribution in [0.1, 0.15) is 43.6 Å². The van der Waals surface area contributed by atoms with Crippen molar-refractivity contribution in [3.05, 3.63) is 65.0 Å². The summed E-state index contributed by atoms with van der Waals surface area (Å²) in [7, 11) is 0. The van der Waals surface area contributed by atoms with Gasteiger partial charge in [-0.25, -0.2) is 0 Å². The number of aliphatic hydroxyl groups excluding tert-OH is 1. The van der Waals surface area contributed by atoms with Crippen molar-refractivity contribution in [3.8, 4) is 5.75 Å². The van der Waals surface area contributed by atoms with Gasteiger partial charge in [0.2, 0.25) is 0 Å². The predicted octanol–water partition coefficient (Wildman–Crippen LogP) is 3.64. The van der Waals surface area contributed by atoms with Gasteiger partial charge in [-0.05, 0) is 63.6 Å². The molecule has 1 saturated heterocycles. The van der Waals surface area contributed by atoms with Crippen molar-refractivity contribution in [1.82, 2.24) is 9.88 Å². The topological polar surface area (TPSA) is 89.0 Å². The number of benzene rings is 1. The Labute approximate surface area is 182 Å². The van der Waals surface area contributed by atoms with Gasteiger partial charge in [-0.1, -0.05) is 6.07 Å². The molecule has 1 amide bonds. The number of aliphatic hydroxyl groups is 1.